The molecule has 1 amide bonds. The number of rotatable bonds is 4. The van der Waals surface area contributed by atoms with Crippen LogP contribution in [-0.2, 0) is 0 Å². The van der Waals surface area contributed by atoms with E-state index in [4.69, 9.17) is 17.0 Å². The standard InChI is InChI=1S/C18H19BrN2O2S/c1-4-23-16-9-8-13(10-14(16)19)17(22)21-18(24)20-15-7-5-6-11(2)12(15)3/h5-10H,4H2,1-3H3,(H2,20,21,22,24). The number of ether oxygens (including phenoxy) is 1. The number of hydrogen-bond donors (Lipinski definition) is 2. The van der Waals surface area contributed by atoms with Crippen LogP contribution in [0, 0.1) is 13.8 Å². The van der Waals surface area contributed by atoms with E-state index in [0.717, 1.165) is 21.3 Å². The molecule has 0 radical (unpaired) electrons. The smallest absolute Gasteiger partial charge is 0.257 e. The molecule has 0 aliphatic carbocycles. The maximum atomic E-state index is 12.3. The summed E-state index contributed by atoms with van der Waals surface area (Å²) in [7, 11) is 0. The molecule has 0 spiro atoms. The second-order valence-corrected chi connectivity index (χ2v) is 6.50. The van der Waals surface area contributed by atoms with E-state index in [1.807, 2.05) is 39.0 Å². The number of amides is 1. The maximum Gasteiger partial charge on any atom is 0.257 e. The predicted octanol–water partition coefficient (Wildman–Crippen LogP) is 4.59. The molecule has 0 atom stereocenters. The van der Waals surface area contributed by atoms with Crippen LogP contribution in [0.15, 0.2) is 40.9 Å². The van der Waals surface area contributed by atoms with Crippen LogP contribution in [0.4, 0.5) is 5.69 Å². The number of anilines is 1. The highest BCUT2D eigenvalue weighted by Crippen LogP contribution is 2.26. The van der Waals surface area contributed by atoms with Crippen molar-refractivity contribution < 1.29 is 9.53 Å². The third-order valence-corrected chi connectivity index (χ3v) is 4.40. The van der Waals surface area contributed by atoms with Gasteiger partial charge in [-0.05, 0) is 84.3 Å². The average molecular weight is 407 g/mol. The minimum Gasteiger partial charge on any atom is -0.493 e. The van der Waals surface area contributed by atoms with E-state index < -0.39 is 0 Å². The van der Waals surface area contributed by atoms with Crippen molar-refractivity contribution in [3.05, 3.63) is 57.6 Å². The second kappa shape index (κ2) is 8.26. The number of benzene rings is 2. The molecular weight excluding hydrogens is 388 g/mol. The van der Waals surface area contributed by atoms with Crippen molar-refractivity contribution in [2.24, 2.45) is 0 Å². The van der Waals surface area contributed by atoms with Crippen LogP contribution in [0.3, 0.4) is 0 Å². The first-order valence-electron chi connectivity index (χ1n) is 7.53. The summed E-state index contributed by atoms with van der Waals surface area (Å²) < 4.78 is 6.17. The Morgan fingerprint density at radius 3 is 2.67 bits per heavy atom. The van der Waals surface area contributed by atoms with Gasteiger partial charge in [-0.1, -0.05) is 12.1 Å². The molecule has 6 heteroatoms. The number of halogens is 1. The lowest BCUT2D eigenvalue weighted by atomic mass is 10.1. The fourth-order valence-corrected chi connectivity index (χ4v) is 2.83. The second-order valence-electron chi connectivity index (χ2n) is 5.23. The van der Waals surface area contributed by atoms with Gasteiger partial charge in [0.25, 0.3) is 5.91 Å². The van der Waals surface area contributed by atoms with Crippen LogP contribution in [0.2, 0.25) is 0 Å². The van der Waals surface area contributed by atoms with Gasteiger partial charge in [-0.3, -0.25) is 10.1 Å². The van der Waals surface area contributed by atoms with Gasteiger partial charge in [-0.15, -0.1) is 0 Å². The summed E-state index contributed by atoms with van der Waals surface area (Å²) >= 11 is 8.64. The monoisotopic (exact) mass is 406 g/mol. The van der Waals surface area contributed by atoms with Crippen LogP contribution in [-0.4, -0.2) is 17.6 Å². The van der Waals surface area contributed by atoms with Crippen LogP contribution >= 0.6 is 28.1 Å². The molecular formula is C18H19BrN2O2S. The Morgan fingerprint density at radius 1 is 1.25 bits per heavy atom. The molecule has 2 N–H and O–H groups in total. The Labute approximate surface area is 155 Å². The van der Waals surface area contributed by atoms with E-state index in [2.05, 4.69) is 26.6 Å². The SMILES string of the molecule is CCOc1ccc(C(=O)NC(=S)Nc2cccc(C)c2C)cc1Br. The molecule has 0 aromatic heterocycles. The van der Waals surface area contributed by atoms with Crippen molar-refractivity contribution in [2.45, 2.75) is 20.8 Å². The molecule has 0 unspecified atom stereocenters. The minimum absolute atomic E-state index is 0.263. The van der Waals surface area contributed by atoms with Crippen LogP contribution < -0.4 is 15.4 Å². The van der Waals surface area contributed by atoms with Gasteiger partial charge in [-0.2, -0.15) is 0 Å². The highest BCUT2D eigenvalue weighted by Gasteiger charge is 2.11. The van der Waals surface area contributed by atoms with Crippen molar-refractivity contribution in [1.82, 2.24) is 5.32 Å². The fraction of sp³-hybridized carbons (Fsp3) is 0.222. The van der Waals surface area contributed by atoms with Crippen molar-refractivity contribution >= 4 is 44.9 Å². The van der Waals surface area contributed by atoms with Gasteiger partial charge in [0.2, 0.25) is 0 Å². The molecule has 126 valence electrons. The van der Waals surface area contributed by atoms with E-state index in [-0.39, 0.29) is 11.0 Å². The van der Waals surface area contributed by atoms with E-state index in [0.29, 0.717) is 17.9 Å². The third-order valence-electron chi connectivity index (χ3n) is 3.57. The Kier molecular flexibility index (Phi) is 6.34. The van der Waals surface area contributed by atoms with Gasteiger partial charge in [0.1, 0.15) is 5.75 Å². The number of carbonyl (C=O) groups is 1. The number of hydrogen-bond acceptors (Lipinski definition) is 3. The zero-order valence-corrected chi connectivity index (χ0v) is 16.2. The molecule has 24 heavy (non-hydrogen) atoms. The van der Waals surface area contributed by atoms with Crippen LogP contribution in [0.1, 0.15) is 28.4 Å². The highest BCUT2D eigenvalue weighted by atomic mass is 79.9. The molecule has 0 saturated carbocycles. The number of thiocarbonyl (C=S) groups is 1. The fourth-order valence-electron chi connectivity index (χ4n) is 2.13. The summed E-state index contributed by atoms with van der Waals surface area (Å²) in [6.07, 6.45) is 0. The Bertz CT molecular complexity index is 778. The Morgan fingerprint density at radius 2 is 2.00 bits per heavy atom. The number of aryl methyl sites for hydroxylation is 1. The lowest BCUT2D eigenvalue weighted by molar-refractivity contribution is 0.0977. The molecule has 2 rings (SSSR count). The van der Waals surface area contributed by atoms with E-state index >= 15 is 0 Å². The summed E-state index contributed by atoms with van der Waals surface area (Å²) in [5, 5.41) is 6.01. The highest BCUT2D eigenvalue weighted by molar-refractivity contribution is 9.10. The molecule has 4 nitrogen and oxygen atoms in total. The number of carbonyl (C=O) groups excluding carboxylic acids is 1. The van der Waals surface area contributed by atoms with E-state index in [1.54, 1.807) is 18.2 Å². The van der Waals surface area contributed by atoms with Gasteiger partial charge in [0, 0.05) is 11.3 Å². The maximum absolute atomic E-state index is 12.3. The molecule has 0 saturated heterocycles. The normalized spacial score (nSPS) is 10.2. The van der Waals surface area contributed by atoms with E-state index in [9.17, 15) is 4.79 Å². The summed E-state index contributed by atoms with van der Waals surface area (Å²) in [6.45, 7) is 6.50. The lowest BCUT2D eigenvalue weighted by Crippen LogP contribution is -2.34. The van der Waals surface area contributed by atoms with Gasteiger partial charge in [-0.25, -0.2) is 0 Å². The first kappa shape index (κ1) is 18.4. The van der Waals surface area contributed by atoms with Crippen LogP contribution in [0.25, 0.3) is 0 Å². The first-order chi connectivity index (χ1) is 11.4. The van der Waals surface area contributed by atoms with Crippen molar-refractivity contribution in [1.29, 1.82) is 0 Å². The molecule has 0 aliphatic rings. The molecule has 0 aliphatic heterocycles. The number of nitrogens with one attached hydrogen (secondary N) is 2. The average Bonchev–Trinajstić information content (AvgIpc) is 2.54. The van der Waals surface area contributed by atoms with Gasteiger partial charge in [0.15, 0.2) is 5.11 Å². The van der Waals surface area contributed by atoms with Gasteiger partial charge >= 0.3 is 0 Å². The quantitative estimate of drug-likeness (QED) is 0.728. The van der Waals surface area contributed by atoms with Gasteiger partial charge in [0.05, 0.1) is 11.1 Å². The summed E-state index contributed by atoms with van der Waals surface area (Å²) in [5.41, 5.74) is 3.63. The first-order valence-corrected chi connectivity index (χ1v) is 8.73. The van der Waals surface area contributed by atoms with Crippen molar-refractivity contribution in [3.63, 3.8) is 0 Å². The molecule has 2 aromatic rings. The lowest BCUT2D eigenvalue weighted by Gasteiger charge is -2.13. The van der Waals surface area contributed by atoms with E-state index in [1.165, 1.54) is 0 Å². The summed E-state index contributed by atoms with van der Waals surface area (Å²) in [6, 6.07) is 11.1. The zero-order chi connectivity index (χ0) is 17.7. The molecule has 2 aromatic carbocycles. The van der Waals surface area contributed by atoms with Crippen molar-refractivity contribution in [2.75, 3.05) is 11.9 Å². The summed E-state index contributed by atoms with van der Waals surface area (Å²) in [4.78, 5) is 12.3. The van der Waals surface area contributed by atoms with Crippen LogP contribution in [0.5, 0.6) is 5.75 Å². The Balaban J connectivity index is 2.05. The zero-order valence-electron chi connectivity index (χ0n) is 13.8. The topological polar surface area (TPSA) is 50.4 Å². The minimum atomic E-state index is -0.276. The molecule has 0 bridgehead atoms. The molecule has 0 heterocycles. The third kappa shape index (κ3) is 4.55. The van der Waals surface area contributed by atoms with Crippen molar-refractivity contribution in [3.8, 4) is 5.75 Å². The largest absolute Gasteiger partial charge is 0.493 e. The Hall–Kier alpha value is -1.92. The molecule has 0 fully saturated rings. The summed E-state index contributed by atoms with van der Waals surface area (Å²) in [5.74, 6) is 0.423. The predicted molar refractivity (Wildman–Crippen MR) is 105 cm³/mol. The van der Waals surface area contributed by atoms with Gasteiger partial charge < -0.3 is 10.1 Å².